The van der Waals surface area contributed by atoms with Gasteiger partial charge in [-0.25, -0.2) is 0 Å². The van der Waals surface area contributed by atoms with Crippen LogP contribution in [0.4, 0.5) is 8.78 Å². The Morgan fingerprint density at radius 1 is 1.12 bits per heavy atom. The molecule has 0 saturated heterocycles. The molecule has 3 aromatic rings. The SMILES string of the molecule is FC(F)Oc1cc(Cc2ccccc2-c2[c]nccn2)ccc1Cl. The lowest BCUT2D eigenvalue weighted by Gasteiger charge is -2.11. The van der Waals surface area contributed by atoms with Crippen molar-refractivity contribution >= 4 is 11.6 Å². The van der Waals surface area contributed by atoms with Crippen LogP contribution in [0.15, 0.2) is 54.9 Å². The van der Waals surface area contributed by atoms with Gasteiger partial charge in [-0.2, -0.15) is 8.78 Å². The maximum Gasteiger partial charge on any atom is 0.387 e. The van der Waals surface area contributed by atoms with E-state index in [1.165, 1.54) is 6.07 Å². The standard InChI is InChI=1S/C18H12ClF2N2O/c19-15-6-5-12(10-17(15)24-18(20)21)9-13-3-1-2-4-14(13)16-11-22-7-8-23-16/h1-8,10,18H,9H2. The van der Waals surface area contributed by atoms with Gasteiger partial charge in [-0.3, -0.25) is 9.97 Å². The van der Waals surface area contributed by atoms with E-state index in [4.69, 9.17) is 11.6 Å². The molecule has 24 heavy (non-hydrogen) atoms. The third-order valence-corrected chi connectivity index (χ3v) is 3.71. The van der Waals surface area contributed by atoms with Crippen molar-refractivity contribution in [2.45, 2.75) is 13.0 Å². The molecule has 1 aromatic heterocycles. The van der Waals surface area contributed by atoms with Gasteiger partial charge in [0.25, 0.3) is 0 Å². The highest BCUT2D eigenvalue weighted by Crippen LogP contribution is 2.29. The number of rotatable bonds is 5. The number of aromatic nitrogens is 2. The van der Waals surface area contributed by atoms with E-state index in [1.54, 1.807) is 24.5 Å². The molecule has 0 N–H and O–H groups in total. The topological polar surface area (TPSA) is 35.0 Å². The molecule has 121 valence electrons. The molecule has 0 spiro atoms. The highest BCUT2D eigenvalue weighted by atomic mass is 35.5. The molecule has 1 radical (unpaired) electrons. The van der Waals surface area contributed by atoms with E-state index < -0.39 is 6.61 Å². The Morgan fingerprint density at radius 2 is 1.96 bits per heavy atom. The molecule has 6 heteroatoms. The van der Waals surface area contributed by atoms with Crippen molar-refractivity contribution < 1.29 is 13.5 Å². The minimum absolute atomic E-state index is 0.0345. The summed E-state index contributed by atoms with van der Waals surface area (Å²) in [6.07, 6.45) is 6.51. The van der Waals surface area contributed by atoms with Crippen LogP contribution in [0.3, 0.4) is 0 Å². The third-order valence-electron chi connectivity index (χ3n) is 3.39. The minimum atomic E-state index is -2.92. The Morgan fingerprint density at radius 3 is 2.71 bits per heavy atom. The molecule has 0 bridgehead atoms. The van der Waals surface area contributed by atoms with Crippen LogP contribution < -0.4 is 4.74 Å². The van der Waals surface area contributed by atoms with Crippen molar-refractivity contribution in [1.29, 1.82) is 0 Å². The average molecular weight is 346 g/mol. The van der Waals surface area contributed by atoms with Gasteiger partial charge in [-0.05, 0) is 29.7 Å². The first-order valence-electron chi connectivity index (χ1n) is 7.13. The second-order valence-electron chi connectivity index (χ2n) is 4.99. The van der Waals surface area contributed by atoms with Crippen molar-refractivity contribution in [3.63, 3.8) is 0 Å². The summed E-state index contributed by atoms with van der Waals surface area (Å²) in [4.78, 5) is 8.22. The number of alkyl halides is 2. The second-order valence-corrected chi connectivity index (χ2v) is 5.40. The molecule has 0 fully saturated rings. The number of hydrogen-bond acceptors (Lipinski definition) is 3. The maximum absolute atomic E-state index is 12.4. The zero-order valence-corrected chi connectivity index (χ0v) is 13.2. The van der Waals surface area contributed by atoms with Gasteiger partial charge in [0.1, 0.15) is 11.9 Å². The van der Waals surface area contributed by atoms with Gasteiger partial charge in [-0.1, -0.05) is 41.9 Å². The number of hydrogen-bond donors (Lipinski definition) is 0. The molecule has 0 aliphatic carbocycles. The molecule has 0 aliphatic heterocycles. The molecule has 0 amide bonds. The highest BCUT2D eigenvalue weighted by Gasteiger charge is 2.12. The fourth-order valence-corrected chi connectivity index (χ4v) is 2.53. The van der Waals surface area contributed by atoms with Gasteiger partial charge in [0.05, 0.1) is 10.7 Å². The molecular weight excluding hydrogens is 334 g/mol. The molecule has 0 aliphatic rings. The predicted molar refractivity (Wildman–Crippen MR) is 87.2 cm³/mol. The van der Waals surface area contributed by atoms with Crippen LogP contribution in [0.25, 0.3) is 11.3 Å². The summed E-state index contributed by atoms with van der Waals surface area (Å²) in [7, 11) is 0. The number of nitrogens with zero attached hydrogens (tertiary/aromatic N) is 2. The molecule has 3 rings (SSSR count). The smallest absolute Gasteiger partial charge is 0.387 e. The normalized spacial score (nSPS) is 10.8. The van der Waals surface area contributed by atoms with Gasteiger partial charge in [0, 0.05) is 18.0 Å². The fraction of sp³-hybridized carbons (Fsp3) is 0.111. The Hall–Kier alpha value is -2.53. The average Bonchev–Trinajstić information content (AvgIpc) is 2.59. The van der Waals surface area contributed by atoms with E-state index in [0.717, 1.165) is 16.7 Å². The van der Waals surface area contributed by atoms with Gasteiger partial charge < -0.3 is 4.74 Å². The summed E-state index contributed by atoms with van der Waals surface area (Å²) in [6.45, 7) is -2.92. The summed E-state index contributed by atoms with van der Waals surface area (Å²) in [5.74, 6) is -0.0345. The van der Waals surface area contributed by atoms with Crippen molar-refractivity contribution in [3.05, 3.63) is 77.2 Å². The molecule has 1 heterocycles. The molecule has 0 unspecified atom stereocenters. The largest absolute Gasteiger partial charge is 0.433 e. The van der Waals surface area contributed by atoms with Crippen molar-refractivity contribution in [2.75, 3.05) is 0 Å². The first-order chi connectivity index (χ1) is 11.6. The number of benzene rings is 2. The van der Waals surface area contributed by atoms with E-state index in [0.29, 0.717) is 12.1 Å². The number of halogens is 3. The molecule has 0 saturated carbocycles. The van der Waals surface area contributed by atoms with Crippen LogP contribution in [0, 0.1) is 6.20 Å². The third kappa shape index (κ3) is 3.86. The van der Waals surface area contributed by atoms with Crippen molar-refractivity contribution in [3.8, 4) is 17.0 Å². The zero-order valence-electron chi connectivity index (χ0n) is 12.4. The van der Waals surface area contributed by atoms with Crippen LogP contribution in [0.2, 0.25) is 5.02 Å². The van der Waals surface area contributed by atoms with E-state index in [9.17, 15) is 8.78 Å². The van der Waals surface area contributed by atoms with E-state index in [2.05, 4.69) is 20.9 Å². The Labute approximate surface area is 142 Å². The van der Waals surface area contributed by atoms with Crippen LogP contribution in [0.1, 0.15) is 11.1 Å². The summed E-state index contributed by atoms with van der Waals surface area (Å²) in [5.41, 5.74) is 3.29. The van der Waals surface area contributed by atoms with Crippen molar-refractivity contribution in [1.82, 2.24) is 9.97 Å². The summed E-state index contributed by atoms with van der Waals surface area (Å²) in [6, 6.07) is 12.5. The van der Waals surface area contributed by atoms with Gasteiger partial charge >= 0.3 is 6.61 Å². The van der Waals surface area contributed by atoms with Gasteiger partial charge in [-0.15, -0.1) is 0 Å². The first-order valence-corrected chi connectivity index (χ1v) is 7.51. The summed E-state index contributed by atoms with van der Waals surface area (Å²) in [5, 5.41) is 0.148. The lowest BCUT2D eigenvalue weighted by Crippen LogP contribution is -2.03. The van der Waals surface area contributed by atoms with E-state index in [1.807, 2.05) is 24.3 Å². The Bertz CT molecular complexity index is 828. The number of ether oxygens (including phenoxy) is 1. The Kier molecular flexibility index (Phi) is 5.01. The van der Waals surface area contributed by atoms with Crippen LogP contribution in [0.5, 0.6) is 5.75 Å². The molecule has 3 nitrogen and oxygen atoms in total. The highest BCUT2D eigenvalue weighted by molar-refractivity contribution is 6.32. The zero-order chi connectivity index (χ0) is 16.9. The van der Waals surface area contributed by atoms with Crippen molar-refractivity contribution in [2.24, 2.45) is 0 Å². The van der Waals surface area contributed by atoms with Crippen LogP contribution in [-0.4, -0.2) is 16.6 Å². The summed E-state index contributed by atoms with van der Waals surface area (Å²) < 4.78 is 29.3. The first kappa shape index (κ1) is 16.3. The van der Waals surface area contributed by atoms with E-state index in [-0.39, 0.29) is 10.8 Å². The minimum Gasteiger partial charge on any atom is -0.433 e. The molecule has 2 aromatic carbocycles. The maximum atomic E-state index is 12.4. The van der Waals surface area contributed by atoms with Crippen LogP contribution in [-0.2, 0) is 6.42 Å². The lowest BCUT2D eigenvalue weighted by molar-refractivity contribution is -0.0498. The lowest BCUT2D eigenvalue weighted by atomic mass is 9.98. The van der Waals surface area contributed by atoms with Gasteiger partial charge in [0.15, 0.2) is 0 Å². The summed E-state index contributed by atoms with van der Waals surface area (Å²) >= 11 is 5.89. The Balaban J connectivity index is 1.92. The predicted octanol–water partition coefficient (Wildman–Crippen LogP) is 4.79. The molecule has 0 atom stereocenters. The fourth-order valence-electron chi connectivity index (χ4n) is 2.37. The van der Waals surface area contributed by atoms with Crippen LogP contribution >= 0.6 is 11.6 Å². The van der Waals surface area contributed by atoms with Gasteiger partial charge in [0.2, 0.25) is 0 Å². The monoisotopic (exact) mass is 345 g/mol. The molecular formula is C18H12ClF2N2O. The quantitative estimate of drug-likeness (QED) is 0.667. The second kappa shape index (κ2) is 7.36. The van der Waals surface area contributed by atoms with E-state index >= 15 is 0 Å².